The number of anilines is 1. The van der Waals surface area contributed by atoms with E-state index < -0.39 is 67.0 Å². The molecule has 3 rings (SSSR count). The van der Waals surface area contributed by atoms with Gasteiger partial charge in [0.15, 0.2) is 6.23 Å². The normalized spacial score (nSPS) is 34.5. The van der Waals surface area contributed by atoms with Gasteiger partial charge in [-0.05, 0) is 25.5 Å². The number of aliphatic hydroxyl groups excluding tert-OH is 4. The zero-order chi connectivity index (χ0) is 23.1. The molecule has 2 fully saturated rings. The predicted molar refractivity (Wildman–Crippen MR) is 97.3 cm³/mol. The first-order valence-corrected chi connectivity index (χ1v) is 9.51. The molecule has 0 unspecified atom stereocenters. The quantitative estimate of drug-likeness (QED) is 0.495. The standard InChI is InChI=1S/C18H24F3N3O7/c1-8-16(31-11-5-9(7-25)13(26)15(28)14(11)27)23(17(29)24(8)30-2)12-6-10(3-4-22-12)18(19,20)21/h3-4,6,8-9,11,13-16,25-28H,5,7H2,1-2H3/t8-,9+,11-,13+,14-,15-,16-/m0/s1. The summed E-state index contributed by atoms with van der Waals surface area (Å²) in [6, 6.07) is -0.229. The maximum atomic E-state index is 13.1. The molecule has 174 valence electrons. The Morgan fingerprint density at radius 1 is 1.23 bits per heavy atom. The van der Waals surface area contributed by atoms with E-state index in [2.05, 4.69) is 4.98 Å². The molecule has 1 aromatic heterocycles. The van der Waals surface area contributed by atoms with Gasteiger partial charge in [-0.2, -0.15) is 18.2 Å². The lowest BCUT2D eigenvalue weighted by Crippen LogP contribution is -2.57. The largest absolute Gasteiger partial charge is 0.416 e. The lowest BCUT2D eigenvalue weighted by Gasteiger charge is -2.41. The number of amides is 2. The molecule has 31 heavy (non-hydrogen) atoms. The van der Waals surface area contributed by atoms with E-state index in [1.54, 1.807) is 0 Å². The number of urea groups is 1. The number of ether oxygens (including phenoxy) is 1. The van der Waals surface area contributed by atoms with Crippen LogP contribution in [0.5, 0.6) is 0 Å². The average molecular weight is 451 g/mol. The van der Waals surface area contributed by atoms with Gasteiger partial charge in [0.25, 0.3) is 0 Å². The molecule has 7 atom stereocenters. The molecule has 0 aromatic carbocycles. The molecule has 1 saturated carbocycles. The average Bonchev–Trinajstić information content (AvgIpc) is 2.96. The van der Waals surface area contributed by atoms with Crippen LogP contribution in [0.4, 0.5) is 23.8 Å². The SMILES string of the molecule is CON1C(=O)N(c2cc(C(F)(F)F)ccn2)[C@@H](O[C@H]2C[C@H](CO)[C@@H](O)[C@H](O)[C@H]2O)[C@@H]1C. The highest BCUT2D eigenvalue weighted by Gasteiger charge is 2.51. The Labute approximate surface area is 175 Å². The maximum Gasteiger partial charge on any atom is 0.416 e. The van der Waals surface area contributed by atoms with Crippen LogP contribution in [0.25, 0.3) is 0 Å². The van der Waals surface area contributed by atoms with Crippen molar-refractivity contribution in [3.05, 3.63) is 23.9 Å². The van der Waals surface area contributed by atoms with Crippen LogP contribution in [-0.4, -0.2) is 86.9 Å². The van der Waals surface area contributed by atoms with Crippen LogP contribution in [0.1, 0.15) is 18.9 Å². The Morgan fingerprint density at radius 3 is 2.48 bits per heavy atom. The number of nitrogens with zero attached hydrogens (tertiary/aromatic N) is 3. The molecule has 1 aliphatic heterocycles. The number of hydroxylamine groups is 2. The number of rotatable bonds is 5. The summed E-state index contributed by atoms with van der Waals surface area (Å²) in [7, 11) is 1.20. The highest BCUT2D eigenvalue weighted by molar-refractivity contribution is 5.93. The third-order valence-corrected chi connectivity index (χ3v) is 5.60. The number of halogens is 3. The molecular formula is C18H24F3N3O7. The summed E-state index contributed by atoms with van der Waals surface area (Å²) in [5.74, 6) is -1.16. The van der Waals surface area contributed by atoms with Crippen molar-refractivity contribution in [1.82, 2.24) is 10.0 Å². The lowest BCUT2D eigenvalue weighted by atomic mass is 9.81. The van der Waals surface area contributed by atoms with E-state index in [1.165, 1.54) is 14.0 Å². The summed E-state index contributed by atoms with van der Waals surface area (Å²) in [5, 5.41) is 40.7. The van der Waals surface area contributed by atoms with Crippen molar-refractivity contribution in [2.24, 2.45) is 5.92 Å². The zero-order valence-electron chi connectivity index (χ0n) is 16.7. The van der Waals surface area contributed by atoms with Crippen molar-refractivity contribution >= 4 is 11.8 Å². The van der Waals surface area contributed by atoms with Gasteiger partial charge in [0.1, 0.15) is 24.1 Å². The molecule has 13 heteroatoms. The minimum atomic E-state index is -4.67. The van der Waals surface area contributed by atoms with Gasteiger partial charge in [-0.25, -0.2) is 14.7 Å². The molecule has 2 amide bonds. The van der Waals surface area contributed by atoms with Gasteiger partial charge in [-0.1, -0.05) is 0 Å². The Bertz CT molecular complexity index is 797. The first kappa shape index (κ1) is 23.6. The van der Waals surface area contributed by atoms with Gasteiger partial charge in [-0.3, -0.25) is 4.84 Å². The van der Waals surface area contributed by atoms with Gasteiger partial charge in [0, 0.05) is 18.7 Å². The van der Waals surface area contributed by atoms with Crippen LogP contribution < -0.4 is 4.90 Å². The summed E-state index contributed by atoms with van der Waals surface area (Å²) in [5.41, 5.74) is -1.02. The Hall–Kier alpha value is -2.03. The fraction of sp³-hybridized carbons (Fsp3) is 0.667. The molecule has 4 N–H and O–H groups in total. The molecule has 0 bridgehead atoms. The van der Waals surface area contributed by atoms with Crippen LogP contribution in [0, 0.1) is 5.92 Å². The predicted octanol–water partition coefficient (Wildman–Crippen LogP) is 0.0985. The first-order chi connectivity index (χ1) is 14.5. The number of carbonyl (C=O) groups is 1. The van der Waals surface area contributed by atoms with Crippen LogP contribution in [-0.2, 0) is 15.8 Å². The number of aromatic nitrogens is 1. The Balaban J connectivity index is 1.94. The minimum absolute atomic E-state index is 0.0653. The van der Waals surface area contributed by atoms with E-state index in [4.69, 9.17) is 9.57 Å². The van der Waals surface area contributed by atoms with Gasteiger partial charge >= 0.3 is 12.2 Å². The second-order valence-electron chi connectivity index (χ2n) is 7.52. The topological polar surface area (TPSA) is 136 Å². The molecular weight excluding hydrogens is 427 g/mol. The van der Waals surface area contributed by atoms with Crippen molar-refractivity contribution in [2.45, 2.75) is 56.2 Å². The van der Waals surface area contributed by atoms with Crippen molar-refractivity contribution in [1.29, 1.82) is 0 Å². The number of pyridine rings is 1. The molecule has 1 aromatic rings. The number of aliphatic hydroxyl groups is 4. The summed E-state index contributed by atoms with van der Waals surface area (Å²) in [6.07, 6.45) is -10.8. The lowest BCUT2D eigenvalue weighted by molar-refractivity contribution is -0.199. The van der Waals surface area contributed by atoms with E-state index in [9.17, 15) is 38.4 Å². The van der Waals surface area contributed by atoms with E-state index >= 15 is 0 Å². The van der Waals surface area contributed by atoms with E-state index in [0.29, 0.717) is 6.07 Å². The molecule has 1 saturated heterocycles. The number of hydrogen-bond acceptors (Lipinski definition) is 8. The molecule has 0 spiro atoms. The van der Waals surface area contributed by atoms with Crippen molar-refractivity contribution < 1.29 is 48.0 Å². The van der Waals surface area contributed by atoms with E-state index in [-0.39, 0.29) is 12.2 Å². The van der Waals surface area contributed by atoms with Gasteiger partial charge in [-0.15, -0.1) is 0 Å². The summed E-state index contributed by atoms with van der Waals surface area (Å²) < 4.78 is 45.3. The van der Waals surface area contributed by atoms with Crippen molar-refractivity contribution in [2.75, 3.05) is 18.6 Å². The fourth-order valence-corrected chi connectivity index (χ4v) is 3.87. The number of alkyl halides is 3. The van der Waals surface area contributed by atoms with Crippen molar-refractivity contribution in [3.8, 4) is 0 Å². The monoisotopic (exact) mass is 451 g/mol. The second kappa shape index (κ2) is 8.84. The van der Waals surface area contributed by atoms with Crippen LogP contribution >= 0.6 is 0 Å². The Morgan fingerprint density at radius 2 is 1.90 bits per heavy atom. The van der Waals surface area contributed by atoms with Crippen molar-refractivity contribution in [3.63, 3.8) is 0 Å². The summed E-state index contributed by atoms with van der Waals surface area (Å²) >= 11 is 0. The zero-order valence-corrected chi connectivity index (χ0v) is 16.7. The van der Waals surface area contributed by atoms with Crippen LogP contribution in [0.15, 0.2) is 18.3 Å². The van der Waals surface area contributed by atoms with Gasteiger partial charge in [0.05, 0.1) is 24.9 Å². The minimum Gasteiger partial charge on any atom is -0.396 e. The van der Waals surface area contributed by atoms with Gasteiger partial charge < -0.3 is 25.2 Å². The molecule has 2 aliphatic rings. The Kier molecular flexibility index (Phi) is 6.74. The highest BCUT2D eigenvalue weighted by atomic mass is 19.4. The van der Waals surface area contributed by atoms with Crippen LogP contribution in [0.3, 0.4) is 0 Å². The first-order valence-electron chi connectivity index (χ1n) is 9.51. The third kappa shape index (κ3) is 4.33. The summed E-state index contributed by atoms with van der Waals surface area (Å²) in [6.45, 7) is 1.02. The summed E-state index contributed by atoms with van der Waals surface area (Å²) in [4.78, 5) is 22.6. The number of hydrogen-bond donors (Lipinski definition) is 4. The smallest absolute Gasteiger partial charge is 0.396 e. The molecule has 10 nitrogen and oxygen atoms in total. The molecule has 2 heterocycles. The molecule has 0 radical (unpaired) electrons. The maximum absolute atomic E-state index is 13.1. The number of carbonyl (C=O) groups excluding carboxylic acids is 1. The fourth-order valence-electron chi connectivity index (χ4n) is 3.87. The second-order valence-corrected chi connectivity index (χ2v) is 7.52. The van der Waals surface area contributed by atoms with E-state index in [1.807, 2.05) is 0 Å². The highest BCUT2D eigenvalue weighted by Crippen LogP contribution is 2.36. The van der Waals surface area contributed by atoms with Crippen LogP contribution in [0.2, 0.25) is 0 Å². The molecule has 1 aliphatic carbocycles. The van der Waals surface area contributed by atoms with Gasteiger partial charge in [0.2, 0.25) is 0 Å². The van der Waals surface area contributed by atoms with E-state index in [0.717, 1.165) is 22.2 Å². The third-order valence-electron chi connectivity index (χ3n) is 5.60.